The Morgan fingerprint density at radius 1 is 0.162 bits per heavy atom. The summed E-state index contributed by atoms with van der Waals surface area (Å²) in [5.41, 5.74) is 18.8. The molecule has 15 aromatic carbocycles. The summed E-state index contributed by atoms with van der Waals surface area (Å²) in [5.74, 6) is 10.6. The highest BCUT2D eigenvalue weighted by Gasteiger charge is 2.28. The smallest absolute Gasteiger partial charge is 0.182 e. The maximum atomic E-state index is 6.53. The lowest BCUT2D eigenvalue weighted by atomic mass is 9.91. The molecule has 117 heavy (non-hydrogen) atoms. The molecule has 0 aliphatic carbocycles. The largest absolute Gasteiger partial charge is 0.456 e. The first-order chi connectivity index (χ1) is 58.0. The zero-order chi connectivity index (χ0) is 77.5. The predicted molar refractivity (Wildman–Crippen MR) is 464 cm³/mol. The van der Waals surface area contributed by atoms with Crippen molar-refractivity contribution in [3.05, 3.63) is 382 Å². The molecule has 23 rings (SSSR count). The molecule has 0 unspecified atom stereocenters. The Morgan fingerprint density at radius 2 is 0.487 bits per heavy atom. The van der Waals surface area contributed by atoms with Crippen LogP contribution in [-0.4, -0.2) is 54.8 Å². The van der Waals surface area contributed by atoms with E-state index in [0.29, 0.717) is 58.1 Å². The molecule has 0 saturated carbocycles. The normalized spacial score (nSPS) is 11.6. The average Bonchev–Trinajstić information content (AvgIpc) is 0.747. The molecule has 14 nitrogen and oxygen atoms in total. The third kappa shape index (κ3) is 13.1. The quantitative estimate of drug-likeness (QED) is 0.120. The van der Waals surface area contributed by atoms with Crippen molar-refractivity contribution in [3.8, 4) is 193 Å². The molecule has 8 heterocycles. The van der Waals surface area contributed by atoms with Crippen LogP contribution in [0.2, 0.25) is 0 Å². The molecule has 0 radical (unpaired) electrons. The van der Waals surface area contributed by atoms with Crippen molar-refractivity contribution in [3.63, 3.8) is 0 Å². The first-order valence-corrected chi connectivity index (χ1v) is 38.5. The van der Waals surface area contributed by atoms with Gasteiger partial charge in [0, 0.05) is 95.3 Å². The Kier molecular flexibility index (Phi) is 17.5. The number of pyridine rings is 2. The predicted octanol–water partition coefficient (Wildman–Crippen LogP) is 25.5. The van der Waals surface area contributed by atoms with E-state index < -0.39 is 0 Å². The van der Waals surface area contributed by atoms with Crippen molar-refractivity contribution in [1.29, 1.82) is 0 Å². The van der Waals surface area contributed by atoms with Crippen LogP contribution in [0.25, 0.3) is 191 Å². The summed E-state index contributed by atoms with van der Waals surface area (Å²) in [7, 11) is 0. The Hall–Kier alpha value is -16.2. The molecule has 0 amide bonds. The number of aromatic nitrogens is 11. The Bertz CT molecular complexity index is 6720. The standard InChI is InChI=1S/2C36H22N4O.C31H19N3O/c1-3-10-23(11-4-1)34-38-35(24-12-5-2-6-13-24)40-36(39-34)25-18-20-30(37-22-25)26-19-21-32-33-28(26)15-9-16-29(33)27-14-7-8-17-31(27)41-32;1-3-10-23(11-4-1)34-38-35(24-12-5-2-6-13-24)40-36(39-34)30-20-18-25(22-37-30)26-19-21-32-33-28(26)15-9-16-29(33)27-14-7-8-17-31(27)41-32;1-3-10-21(11-4-1)29-32-30(22-12-5-2-6-13-22)34-31(33-29)25-19-18-20-14-9-16-24-23-15-7-8-17-26(23)35-28(25)27(20)24/h2*1-22H;1-19H. The summed E-state index contributed by atoms with van der Waals surface area (Å²) in [6, 6.07) is 124. The monoisotopic (exact) mass is 1500 g/mol. The van der Waals surface area contributed by atoms with Crippen molar-refractivity contribution in [1.82, 2.24) is 54.8 Å². The van der Waals surface area contributed by atoms with E-state index in [1.807, 2.05) is 279 Å². The number of para-hydroxylation sites is 3. The summed E-state index contributed by atoms with van der Waals surface area (Å²) < 4.78 is 19.1. The third-order valence-corrected chi connectivity index (χ3v) is 21.1. The minimum Gasteiger partial charge on any atom is -0.456 e. The van der Waals surface area contributed by atoms with E-state index in [0.717, 1.165) is 156 Å². The summed E-state index contributed by atoms with van der Waals surface area (Å²) in [4.78, 5) is 53.3. The summed E-state index contributed by atoms with van der Waals surface area (Å²) in [5, 5.41) is 6.65. The van der Waals surface area contributed by atoms with Gasteiger partial charge in [-0.2, -0.15) is 0 Å². The van der Waals surface area contributed by atoms with E-state index >= 15 is 0 Å². The van der Waals surface area contributed by atoms with Gasteiger partial charge in [-0.3, -0.25) is 9.97 Å². The van der Waals surface area contributed by atoms with Gasteiger partial charge in [0.1, 0.15) is 40.2 Å². The molecule has 0 fully saturated rings. The molecule has 548 valence electrons. The molecular formula is C103H63N11O3. The second kappa shape index (κ2) is 29.8. The molecule has 5 aromatic heterocycles. The van der Waals surface area contributed by atoms with Crippen LogP contribution in [-0.2, 0) is 0 Å². The second-order valence-electron chi connectivity index (χ2n) is 28.3. The average molecular weight is 1500 g/mol. The van der Waals surface area contributed by atoms with Crippen LogP contribution < -0.4 is 14.2 Å². The second-order valence-corrected chi connectivity index (χ2v) is 28.3. The zero-order valence-corrected chi connectivity index (χ0v) is 62.5. The number of hydrogen-bond acceptors (Lipinski definition) is 14. The number of nitrogens with zero attached hydrogens (tertiary/aromatic N) is 11. The van der Waals surface area contributed by atoms with Crippen LogP contribution in [0.4, 0.5) is 0 Å². The van der Waals surface area contributed by atoms with E-state index in [1.165, 1.54) is 11.1 Å². The molecule has 0 bridgehead atoms. The fourth-order valence-corrected chi connectivity index (χ4v) is 15.5. The fraction of sp³-hybridized carbons (Fsp3) is 0. The fourth-order valence-electron chi connectivity index (χ4n) is 15.5. The third-order valence-electron chi connectivity index (χ3n) is 21.1. The lowest BCUT2D eigenvalue weighted by molar-refractivity contribution is 0.487. The summed E-state index contributed by atoms with van der Waals surface area (Å²) >= 11 is 0. The molecule has 14 heteroatoms. The summed E-state index contributed by atoms with van der Waals surface area (Å²) in [6.45, 7) is 0. The summed E-state index contributed by atoms with van der Waals surface area (Å²) in [6.07, 6.45) is 3.74. The Labute approximate surface area is 672 Å². The minimum absolute atomic E-state index is 0.533. The highest BCUT2D eigenvalue weighted by atomic mass is 16.5. The molecule has 3 aliphatic rings. The van der Waals surface area contributed by atoms with Crippen molar-refractivity contribution in [2.24, 2.45) is 0 Å². The van der Waals surface area contributed by atoms with Crippen LogP contribution in [0, 0.1) is 0 Å². The molecule has 0 spiro atoms. The van der Waals surface area contributed by atoms with Crippen molar-refractivity contribution >= 4 is 32.3 Å². The van der Waals surface area contributed by atoms with Crippen LogP contribution in [0.1, 0.15) is 0 Å². The maximum absolute atomic E-state index is 6.53. The van der Waals surface area contributed by atoms with Gasteiger partial charge in [-0.15, -0.1) is 0 Å². The molecule has 0 saturated heterocycles. The van der Waals surface area contributed by atoms with Crippen LogP contribution in [0.15, 0.2) is 382 Å². The van der Waals surface area contributed by atoms with E-state index in [1.54, 1.807) is 0 Å². The number of fused-ring (bicyclic) bond motifs is 6. The van der Waals surface area contributed by atoms with Gasteiger partial charge < -0.3 is 14.2 Å². The van der Waals surface area contributed by atoms with Crippen molar-refractivity contribution in [2.45, 2.75) is 0 Å². The van der Waals surface area contributed by atoms with Gasteiger partial charge in [-0.25, -0.2) is 44.9 Å². The van der Waals surface area contributed by atoms with E-state index in [9.17, 15) is 0 Å². The first kappa shape index (κ1) is 68.8. The number of hydrogen-bond donors (Lipinski definition) is 0. The van der Waals surface area contributed by atoms with Gasteiger partial charge in [-0.1, -0.05) is 303 Å². The maximum Gasteiger partial charge on any atom is 0.182 e. The van der Waals surface area contributed by atoms with Gasteiger partial charge in [0.2, 0.25) is 0 Å². The number of rotatable bonds is 11. The van der Waals surface area contributed by atoms with Crippen LogP contribution in [0.3, 0.4) is 0 Å². The van der Waals surface area contributed by atoms with Crippen molar-refractivity contribution < 1.29 is 14.2 Å². The van der Waals surface area contributed by atoms with E-state index in [4.69, 9.17) is 69.0 Å². The number of ether oxygens (including phenoxy) is 3. The van der Waals surface area contributed by atoms with Gasteiger partial charge in [0.05, 0.1) is 11.3 Å². The Morgan fingerprint density at radius 3 is 0.915 bits per heavy atom. The first-order valence-electron chi connectivity index (χ1n) is 38.5. The molecule has 0 N–H and O–H groups in total. The lowest BCUT2D eigenvalue weighted by Gasteiger charge is -2.23. The topological polar surface area (TPSA) is 169 Å². The highest BCUT2D eigenvalue weighted by Crippen LogP contribution is 2.53. The van der Waals surface area contributed by atoms with Crippen LogP contribution >= 0.6 is 0 Å². The zero-order valence-electron chi connectivity index (χ0n) is 62.5. The van der Waals surface area contributed by atoms with Crippen LogP contribution in [0.5, 0.6) is 34.5 Å². The van der Waals surface area contributed by atoms with E-state index in [-0.39, 0.29) is 0 Å². The van der Waals surface area contributed by atoms with Gasteiger partial charge in [-0.05, 0) is 105 Å². The Balaban J connectivity index is 0.000000110. The van der Waals surface area contributed by atoms with Gasteiger partial charge >= 0.3 is 0 Å². The molecule has 20 aromatic rings. The van der Waals surface area contributed by atoms with Gasteiger partial charge in [0.15, 0.2) is 52.4 Å². The van der Waals surface area contributed by atoms with Gasteiger partial charge in [0.25, 0.3) is 0 Å². The lowest BCUT2D eigenvalue weighted by Crippen LogP contribution is -2.03. The van der Waals surface area contributed by atoms with E-state index in [2.05, 4.69) is 103 Å². The van der Waals surface area contributed by atoms with Crippen molar-refractivity contribution in [2.75, 3.05) is 0 Å². The highest BCUT2D eigenvalue weighted by molar-refractivity contribution is 6.12. The number of benzene rings is 15. The molecule has 0 atom stereocenters. The molecule has 3 aliphatic heterocycles. The SMILES string of the molecule is c1ccc(-c2nc(-c3ccccc3)nc(-c3ccc(-c4ccc5c6c(cccc46)-c4ccccc4O5)cn3)n2)cc1.c1ccc(-c2nc(-c3ccccc3)nc(-c3ccc(-c4ccc5c6c(cccc46)-c4ccccc4O5)nc3)n2)cc1.c1ccc(-c2nc(-c3ccccc3)nc(-c3ccc4cccc5c4c3Oc3ccccc3-5)n2)cc1. The molecular weight excluding hydrogens is 1440 g/mol. The minimum atomic E-state index is 0.533.